The van der Waals surface area contributed by atoms with Gasteiger partial charge in [-0.15, -0.1) is 0 Å². The molecule has 3 rings (SSSR count). The lowest BCUT2D eigenvalue weighted by Crippen LogP contribution is -2.33. The zero-order valence-electron chi connectivity index (χ0n) is 19.2. The smallest absolute Gasteiger partial charge is 0.251 e. The van der Waals surface area contributed by atoms with E-state index in [1.54, 1.807) is 43.6 Å². The average molecular weight is 464 g/mol. The first-order valence-corrected chi connectivity index (χ1v) is 11.0. The Morgan fingerprint density at radius 3 is 2.41 bits per heavy atom. The van der Waals surface area contributed by atoms with Crippen LogP contribution in [0.4, 0.5) is 0 Å². The lowest BCUT2D eigenvalue weighted by atomic mass is 9.81. The largest absolute Gasteiger partial charge is 0.394 e. The number of amides is 1. The average Bonchev–Trinajstić information content (AvgIpc) is 2.85. The number of nitrogens with one attached hydrogen (secondary N) is 1. The summed E-state index contributed by atoms with van der Waals surface area (Å²) in [6, 6.07) is 17.3. The van der Waals surface area contributed by atoms with E-state index < -0.39 is 18.8 Å². The van der Waals surface area contributed by atoms with Gasteiger partial charge in [0.1, 0.15) is 6.04 Å². The molecule has 3 atom stereocenters. The predicted octanol–water partition coefficient (Wildman–Crippen LogP) is 2.29. The van der Waals surface area contributed by atoms with E-state index in [1.165, 1.54) is 10.6 Å². The van der Waals surface area contributed by atoms with Gasteiger partial charge in [0.25, 0.3) is 5.91 Å². The number of hydrogen-bond acceptors (Lipinski definition) is 6. The fraction of sp³-hybridized carbons (Fsp3) is 0.308. The topological polar surface area (TPSA) is 121 Å². The van der Waals surface area contributed by atoms with E-state index >= 15 is 0 Å². The van der Waals surface area contributed by atoms with E-state index in [0.29, 0.717) is 12.0 Å². The number of hydrogen-bond donors (Lipinski definition) is 3. The minimum absolute atomic E-state index is 0.0559. The Kier molecular flexibility index (Phi) is 8.45. The number of carbonyl (C=O) groups is 1. The predicted molar refractivity (Wildman–Crippen MR) is 130 cm³/mol. The molecule has 34 heavy (non-hydrogen) atoms. The van der Waals surface area contributed by atoms with Crippen LogP contribution in [0.3, 0.4) is 0 Å². The highest BCUT2D eigenvalue weighted by atomic mass is 16.3. The van der Waals surface area contributed by atoms with Gasteiger partial charge in [-0.05, 0) is 41.3 Å². The molecule has 1 amide bonds. The Balaban J connectivity index is 1.93. The van der Waals surface area contributed by atoms with Crippen LogP contribution >= 0.6 is 0 Å². The fourth-order valence-electron chi connectivity index (χ4n) is 3.99. The molecule has 0 radical (unpaired) electrons. The van der Waals surface area contributed by atoms with Crippen LogP contribution in [0, 0.1) is 11.8 Å². The van der Waals surface area contributed by atoms with Crippen LogP contribution in [0.25, 0.3) is 0 Å². The molecule has 0 saturated heterocycles. The number of nitrogens with zero attached hydrogens (tertiary/aromatic N) is 2. The highest BCUT2D eigenvalue weighted by Gasteiger charge is 2.28. The summed E-state index contributed by atoms with van der Waals surface area (Å²) >= 11 is 0. The van der Waals surface area contributed by atoms with Crippen molar-refractivity contribution in [1.82, 2.24) is 9.88 Å². The van der Waals surface area contributed by atoms with Gasteiger partial charge in [-0.25, -0.2) is 0 Å². The number of aromatic nitrogens is 1. The first-order valence-electron chi connectivity index (χ1n) is 11.0. The number of benzene rings is 2. The second-order valence-electron chi connectivity index (χ2n) is 8.37. The molecule has 0 saturated carbocycles. The zero-order chi connectivity index (χ0) is 24.7. The molecule has 0 fully saturated rings. The van der Waals surface area contributed by atoms with Gasteiger partial charge in [0.2, 0.25) is 5.56 Å². The Morgan fingerprint density at radius 1 is 1.09 bits per heavy atom. The number of aliphatic hydroxyl groups is 2. The van der Waals surface area contributed by atoms with Gasteiger partial charge < -0.3 is 20.1 Å². The second kappa shape index (κ2) is 11.5. The highest BCUT2D eigenvalue weighted by Crippen LogP contribution is 2.34. The van der Waals surface area contributed by atoms with Crippen LogP contribution in [0.5, 0.6) is 0 Å². The lowest BCUT2D eigenvalue weighted by molar-refractivity contribution is 0.0802. The third-order valence-electron chi connectivity index (χ3n) is 5.88. The van der Waals surface area contributed by atoms with E-state index in [2.05, 4.69) is 10.5 Å². The normalized spacial score (nSPS) is 13.6. The van der Waals surface area contributed by atoms with Crippen LogP contribution in [0.2, 0.25) is 0 Å². The minimum atomic E-state index is -1.02. The van der Waals surface area contributed by atoms with E-state index in [4.69, 9.17) is 5.11 Å². The van der Waals surface area contributed by atoms with Crippen molar-refractivity contribution >= 4 is 5.91 Å². The lowest BCUT2D eigenvalue weighted by Gasteiger charge is -2.25. The number of aryl methyl sites for hydroxylation is 2. The van der Waals surface area contributed by atoms with Crippen molar-refractivity contribution in [2.75, 3.05) is 13.2 Å². The maximum atomic E-state index is 12.4. The van der Waals surface area contributed by atoms with E-state index in [0.717, 1.165) is 22.3 Å². The summed E-state index contributed by atoms with van der Waals surface area (Å²) in [4.78, 5) is 36.2. The summed E-state index contributed by atoms with van der Waals surface area (Å²) < 4.78 is 1.47. The van der Waals surface area contributed by atoms with Crippen molar-refractivity contribution in [3.8, 4) is 0 Å². The second-order valence-corrected chi connectivity index (χ2v) is 8.37. The SMILES string of the molecule is Cc1ccccc1C(c1ccc(C(=O)NC[C@@H](O)CO)cc1)C(Cc1ccc(=O)n(C)c1)N=O. The molecule has 0 spiro atoms. The van der Waals surface area contributed by atoms with E-state index in [-0.39, 0.29) is 23.9 Å². The summed E-state index contributed by atoms with van der Waals surface area (Å²) in [6.45, 7) is 1.48. The van der Waals surface area contributed by atoms with Gasteiger partial charge in [-0.2, -0.15) is 4.91 Å². The van der Waals surface area contributed by atoms with Gasteiger partial charge in [-0.3, -0.25) is 9.59 Å². The van der Waals surface area contributed by atoms with Gasteiger partial charge in [0.15, 0.2) is 0 Å². The Hall–Kier alpha value is -3.62. The maximum absolute atomic E-state index is 12.4. The standard InChI is InChI=1S/C26H29N3O5/c1-17-5-3-4-6-22(17)25(23(28-34)13-18-7-12-24(32)29(2)15-18)19-8-10-20(11-9-19)26(33)27-14-21(31)16-30/h3-12,15,21,23,25,30-31H,13-14,16H2,1-2H3,(H,27,33)/t21-,23?,25?/m1/s1. The summed E-state index contributed by atoms with van der Waals surface area (Å²) in [7, 11) is 1.66. The third-order valence-corrected chi connectivity index (χ3v) is 5.88. The van der Waals surface area contributed by atoms with Crippen LogP contribution in [0.1, 0.15) is 38.5 Å². The zero-order valence-corrected chi connectivity index (χ0v) is 19.2. The van der Waals surface area contributed by atoms with Crippen LogP contribution in [-0.2, 0) is 13.5 Å². The molecule has 2 unspecified atom stereocenters. The van der Waals surface area contributed by atoms with Gasteiger partial charge in [-0.1, -0.05) is 47.6 Å². The molecule has 2 aromatic carbocycles. The minimum Gasteiger partial charge on any atom is -0.394 e. The first-order chi connectivity index (χ1) is 16.3. The number of rotatable bonds is 10. The van der Waals surface area contributed by atoms with E-state index in [1.807, 2.05) is 31.2 Å². The summed E-state index contributed by atoms with van der Waals surface area (Å²) in [5, 5.41) is 24.4. The molecule has 8 nitrogen and oxygen atoms in total. The molecule has 3 N–H and O–H groups in total. The number of nitroso groups, excluding NO2 is 1. The fourth-order valence-corrected chi connectivity index (χ4v) is 3.99. The molecular formula is C26H29N3O5. The first kappa shape index (κ1) is 25.0. The number of carbonyl (C=O) groups excluding carboxylic acids is 1. The summed E-state index contributed by atoms with van der Waals surface area (Å²) in [5.74, 6) is -0.731. The van der Waals surface area contributed by atoms with Crippen LogP contribution < -0.4 is 10.9 Å². The van der Waals surface area contributed by atoms with Crippen molar-refractivity contribution in [2.24, 2.45) is 12.2 Å². The molecular weight excluding hydrogens is 434 g/mol. The van der Waals surface area contributed by atoms with Crippen molar-refractivity contribution < 1.29 is 15.0 Å². The van der Waals surface area contributed by atoms with Crippen molar-refractivity contribution in [3.63, 3.8) is 0 Å². The molecule has 0 aliphatic rings. The molecule has 3 aromatic rings. The molecule has 0 aliphatic carbocycles. The van der Waals surface area contributed by atoms with Crippen molar-refractivity contribution in [2.45, 2.75) is 31.4 Å². The van der Waals surface area contributed by atoms with Gasteiger partial charge >= 0.3 is 0 Å². The molecule has 1 heterocycles. The highest BCUT2D eigenvalue weighted by molar-refractivity contribution is 5.94. The van der Waals surface area contributed by atoms with Gasteiger partial charge in [0.05, 0.1) is 12.7 Å². The molecule has 178 valence electrons. The van der Waals surface area contributed by atoms with Crippen LogP contribution in [-0.4, -0.2) is 46.0 Å². The quantitative estimate of drug-likeness (QED) is 0.399. The maximum Gasteiger partial charge on any atom is 0.251 e. The van der Waals surface area contributed by atoms with Crippen molar-refractivity contribution in [1.29, 1.82) is 0 Å². The Morgan fingerprint density at radius 2 is 1.79 bits per heavy atom. The molecule has 8 heteroatoms. The number of pyridine rings is 1. The van der Waals surface area contributed by atoms with Gasteiger partial charge in [0, 0.05) is 43.8 Å². The summed E-state index contributed by atoms with van der Waals surface area (Å²) in [6.07, 6.45) is 1.03. The summed E-state index contributed by atoms with van der Waals surface area (Å²) in [5.41, 5.74) is 3.89. The molecule has 0 aliphatic heterocycles. The van der Waals surface area contributed by atoms with Crippen LogP contribution in [0.15, 0.2) is 76.8 Å². The third kappa shape index (κ3) is 6.03. The molecule has 0 bridgehead atoms. The Labute approximate surface area is 197 Å². The monoisotopic (exact) mass is 463 g/mol. The Bertz CT molecular complexity index is 1190. The van der Waals surface area contributed by atoms with E-state index in [9.17, 15) is 19.6 Å². The van der Waals surface area contributed by atoms with Crippen molar-refractivity contribution in [3.05, 3.63) is 110 Å². The number of aliphatic hydroxyl groups excluding tert-OH is 2. The molecule has 1 aromatic heterocycles.